The minimum absolute atomic E-state index is 0.0191. The van der Waals surface area contributed by atoms with Gasteiger partial charge >= 0.3 is 5.97 Å². The van der Waals surface area contributed by atoms with Gasteiger partial charge in [-0.1, -0.05) is 19.9 Å². The lowest BCUT2D eigenvalue weighted by Gasteiger charge is -2.17. The Morgan fingerprint density at radius 3 is 2.47 bits per heavy atom. The Morgan fingerprint density at radius 1 is 1.47 bits per heavy atom. The third kappa shape index (κ3) is 8.88. The second kappa shape index (κ2) is 7.45. The van der Waals surface area contributed by atoms with E-state index in [1.807, 2.05) is 13.8 Å². The highest BCUT2D eigenvalue weighted by atomic mass is 32.2. The summed E-state index contributed by atoms with van der Waals surface area (Å²) in [6.07, 6.45) is 1.97. The topological polar surface area (TPSA) is 83.5 Å². The first-order valence-corrected chi connectivity index (χ1v) is 7.22. The van der Waals surface area contributed by atoms with Crippen LogP contribution in [0, 0.1) is 11.8 Å². The van der Waals surface area contributed by atoms with Crippen molar-refractivity contribution in [3.05, 3.63) is 12.7 Å². The molecule has 0 aliphatic rings. The van der Waals surface area contributed by atoms with Gasteiger partial charge in [0.15, 0.2) is 0 Å². The van der Waals surface area contributed by atoms with E-state index in [2.05, 4.69) is 11.3 Å². The zero-order chi connectivity index (χ0) is 13.5. The summed E-state index contributed by atoms with van der Waals surface area (Å²) in [5, 5.41) is 8.74. The third-order valence-electron chi connectivity index (χ3n) is 2.20. The Balaban J connectivity index is 4.33. The smallest absolute Gasteiger partial charge is 0.303 e. The Labute approximate surface area is 103 Å². The number of hydrogen-bond acceptors (Lipinski definition) is 3. The summed E-state index contributed by atoms with van der Waals surface area (Å²) >= 11 is 0. The van der Waals surface area contributed by atoms with Gasteiger partial charge in [0, 0.05) is 13.0 Å². The van der Waals surface area contributed by atoms with Gasteiger partial charge in [0.25, 0.3) is 0 Å². The molecule has 0 aromatic heterocycles. The van der Waals surface area contributed by atoms with Gasteiger partial charge < -0.3 is 5.11 Å². The van der Waals surface area contributed by atoms with Crippen LogP contribution in [-0.2, 0) is 14.8 Å². The molecule has 0 aliphatic carbocycles. The second-order valence-corrected chi connectivity index (χ2v) is 6.36. The fourth-order valence-electron chi connectivity index (χ4n) is 1.61. The number of rotatable bonds is 9. The van der Waals surface area contributed by atoms with E-state index in [9.17, 15) is 13.2 Å². The Hall–Kier alpha value is -0.880. The molecule has 17 heavy (non-hydrogen) atoms. The Kier molecular flexibility index (Phi) is 7.06. The van der Waals surface area contributed by atoms with Gasteiger partial charge in [-0.05, 0) is 18.3 Å². The van der Waals surface area contributed by atoms with Crippen molar-refractivity contribution in [2.75, 3.05) is 12.3 Å². The standard InChI is InChI=1S/C11H21NO4S/c1-4-5-17(15,16)12-8-10(6-9(2)3)7-11(13)14/h4,9-10,12H,1,5-8H2,2-3H3,(H,13,14). The van der Waals surface area contributed by atoms with Crippen LogP contribution in [0.5, 0.6) is 0 Å². The molecule has 0 saturated heterocycles. The minimum atomic E-state index is -3.36. The van der Waals surface area contributed by atoms with Crippen LogP contribution in [0.4, 0.5) is 0 Å². The van der Waals surface area contributed by atoms with E-state index in [0.717, 1.165) is 0 Å². The fourth-order valence-corrected chi connectivity index (χ4v) is 2.53. The molecular weight excluding hydrogens is 242 g/mol. The average molecular weight is 263 g/mol. The molecule has 0 amide bonds. The molecule has 0 rings (SSSR count). The van der Waals surface area contributed by atoms with E-state index in [1.54, 1.807) is 0 Å². The van der Waals surface area contributed by atoms with Gasteiger partial charge in [-0.2, -0.15) is 0 Å². The monoisotopic (exact) mass is 263 g/mol. The lowest BCUT2D eigenvalue weighted by molar-refractivity contribution is -0.138. The zero-order valence-electron chi connectivity index (χ0n) is 10.3. The first-order chi connectivity index (χ1) is 7.76. The van der Waals surface area contributed by atoms with Crippen molar-refractivity contribution in [1.82, 2.24) is 4.72 Å². The number of carboxylic acids is 1. The van der Waals surface area contributed by atoms with Crippen molar-refractivity contribution in [2.45, 2.75) is 26.7 Å². The van der Waals surface area contributed by atoms with Crippen LogP contribution in [0.2, 0.25) is 0 Å². The molecule has 0 radical (unpaired) electrons. The second-order valence-electron chi connectivity index (χ2n) is 4.51. The highest BCUT2D eigenvalue weighted by molar-refractivity contribution is 7.89. The predicted molar refractivity (Wildman–Crippen MR) is 67.2 cm³/mol. The van der Waals surface area contributed by atoms with Crippen LogP contribution in [0.15, 0.2) is 12.7 Å². The van der Waals surface area contributed by atoms with Gasteiger partial charge in [-0.25, -0.2) is 13.1 Å². The first-order valence-electron chi connectivity index (χ1n) is 5.57. The third-order valence-corrected chi connectivity index (χ3v) is 3.48. The van der Waals surface area contributed by atoms with Crippen molar-refractivity contribution in [1.29, 1.82) is 0 Å². The van der Waals surface area contributed by atoms with Gasteiger partial charge in [0.05, 0.1) is 5.75 Å². The van der Waals surface area contributed by atoms with E-state index in [0.29, 0.717) is 12.3 Å². The number of carbonyl (C=O) groups is 1. The van der Waals surface area contributed by atoms with Crippen molar-refractivity contribution in [2.24, 2.45) is 11.8 Å². The SMILES string of the molecule is C=CCS(=O)(=O)NCC(CC(=O)O)CC(C)C. The van der Waals surface area contributed by atoms with E-state index in [4.69, 9.17) is 5.11 Å². The number of sulfonamides is 1. The van der Waals surface area contributed by atoms with Gasteiger partial charge in [-0.3, -0.25) is 4.79 Å². The van der Waals surface area contributed by atoms with E-state index in [1.165, 1.54) is 6.08 Å². The minimum Gasteiger partial charge on any atom is -0.481 e. The molecule has 0 bridgehead atoms. The highest BCUT2D eigenvalue weighted by Gasteiger charge is 2.17. The maximum atomic E-state index is 11.4. The molecular formula is C11H21NO4S. The maximum Gasteiger partial charge on any atom is 0.303 e. The van der Waals surface area contributed by atoms with Crippen LogP contribution in [0.1, 0.15) is 26.7 Å². The summed E-state index contributed by atoms with van der Waals surface area (Å²) in [5.41, 5.74) is 0. The quantitative estimate of drug-likeness (QED) is 0.613. The molecule has 6 heteroatoms. The molecule has 0 aromatic carbocycles. The van der Waals surface area contributed by atoms with Crippen LogP contribution >= 0.6 is 0 Å². The number of aliphatic carboxylic acids is 1. The number of carboxylic acid groups (broad SMARTS) is 1. The summed E-state index contributed by atoms with van der Waals surface area (Å²) in [6, 6.07) is 0. The molecule has 100 valence electrons. The maximum absolute atomic E-state index is 11.4. The fraction of sp³-hybridized carbons (Fsp3) is 0.727. The Bertz CT molecular complexity index is 348. The molecule has 0 saturated carbocycles. The molecule has 0 spiro atoms. The van der Waals surface area contributed by atoms with Gasteiger partial charge in [-0.15, -0.1) is 6.58 Å². The molecule has 0 fully saturated rings. The largest absolute Gasteiger partial charge is 0.481 e. The van der Waals surface area contributed by atoms with Crippen LogP contribution in [0.3, 0.4) is 0 Å². The Morgan fingerprint density at radius 2 is 2.06 bits per heavy atom. The molecule has 2 N–H and O–H groups in total. The van der Waals surface area contributed by atoms with Crippen LogP contribution in [-0.4, -0.2) is 31.8 Å². The van der Waals surface area contributed by atoms with Crippen molar-refractivity contribution < 1.29 is 18.3 Å². The van der Waals surface area contributed by atoms with Crippen molar-refractivity contribution >= 4 is 16.0 Å². The van der Waals surface area contributed by atoms with Crippen molar-refractivity contribution in [3.8, 4) is 0 Å². The summed E-state index contributed by atoms with van der Waals surface area (Å²) in [5.74, 6) is -0.886. The van der Waals surface area contributed by atoms with E-state index in [-0.39, 0.29) is 24.6 Å². The van der Waals surface area contributed by atoms with Gasteiger partial charge in [0.2, 0.25) is 10.0 Å². The van der Waals surface area contributed by atoms with Crippen molar-refractivity contribution in [3.63, 3.8) is 0 Å². The summed E-state index contributed by atoms with van der Waals surface area (Å²) in [7, 11) is -3.36. The number of nitrogens with one attached hydrogen (secondary N) is 1. The highest BCUT2D eigenvalue weighted by Crippen LogP contribution is 2.15. The normalized spacial score (nSPS) is 13.6. The van der Waals surface area contributed by atoms with E-state index < -0.39 is 16.0 Å². The molecule has 0 heterocycles. The summed E-state index contributed by atoms with van der Waals surface area (Å²) in [4.78, 5) is 10.6. The molecule has 5 nitrogen and oxygen atoms in total. The number of hydrogen-bond donors (Lipinski definition) is 2. The van der Waals surface area contributed by atoms with Gasteiger partial charge in [0.1, 0.15) is 0 Å². The van der Waals surface area contributed by atoms with E-state index >= 15 is 0 Å². The van der Waals surface area contributed by atoms with Crippen LogP contribution in [0.25, 0.3) is 0 Å². The molecule has 1 atom stereocenters. The zero-order valence-corrected chi connectivity index (χ0v) is 11.2. The lowest BCUT2D eigenvalue weighted by atomic mass is 9.94. The van der Waals surface area contributed by atoms with Crippen LogP contribution < -0.4 is 4.72 Å². The predicted octanol–water partition coefficient (Wildman–Crippen LogP) is 1.23. The average Bonchev–Trinajstić information content (AvgIpc) is 2.12. The molecule has 0 aliphatic heterocycles. The molecule has 0 aromatic rings. The lowest BCUT2D eigenvalue weighted by Crippen LogP contribution is -2.32. The summed E-state index contributed by atoms with van der Waals surface area (Å²) in [6.45, 7) is 7.48. The molecule has 1 unspecified atom stereocenters. The summed E-state index contributed by atoms with van der Waals surface area (Å²) < 4.78 is 25.2. The first kappa shape index (κ1) is 16.1.